The molecule has 10 nitrogen and oxygen atoms in total. The fraction of sp³-hybridized carbons (Fsp3) is 0.222. The number of aryl methyl sites for hydroxylation is 1. The minimum absolute atomic E-state index is 0.0582. The van der Waals surface area contributed by atoms with Gasteiger partial charge in [-0.1, -0.05) is 0 Å². The zero-order chi connectivity index (χ0) is 27.3. The van der Waals surface area contributed by atoms with Crippen molar-refractivity contribution >= 4 is 44.4 Å². The van der Waals surface area contributed by atoms with Gasteiger partial charge in [0.2, 0.25) is 11.8 Å². The lowest BCUT2D eigenvalue weighted by atomic mass is 10.1. The van der Waals surface area contributed by atoms with Crippen LogP contribution in [0.15, 0.2) is 42.7 Å². The lowest BCUT2D eigenvalue weighted by Gasteiger charge is -2.19. The molecule has 0 unspecified atom stereocenters. The Morgan fingerprint density at radius 1 is 1.08 bits per heavy atom. The molecule has 39 heavy (non-hydrogen) atoms. The summed E-state index contributed by atoms with van der Waals surface area (Å²) in [6.45, 7) is 1.96. The summed E-state index contributed by atoms with van der Waals surface area (Å²) in [4.78, 5) is 31.9. The summed E-state index contributed by atoms with van der Waals surface area (Å²) in [7, 11) is 4.59. The highest BCUT2D eigenvalue weighted by atomic mass is 32.1. The quantitative estimate of drug-likeness (QED) is 0.290. The molecule has 4 heterocycles. The van der Waals surface area contributed by atoms with Gasteiger partial charge in [0.1, 0.15) is 5.01 Å². The Bertz CT molecular complexity index is 1740. The summed E-state index contributed by atoms with van der Waals surface area (Å²) in [5.41, 5.74) is 4.69. The van der Waals surface area contributed by atoms with E-state index in [2.05, 4.69) is 15.0 Å². The molecule has 0 spiro atoms. The fourth-order valence-corrected chi connectivity index (χ4v) is 5.52. The smallest absolute Gasteiger partial charge is 0.417 e. The number of thiazole rings is 1. The average Bonchev–Trinajstić information content (AvgIpc) is 3.56. The molecule has 2 aromatic carbocycles. The molecule has 0 saturated carbocycles. The summed E-state index contributed by atoms with van der Waals surface area (Å²) in [6.07, 6.45) is 1.56. The van der Waals surface area contributed by atoms with E-state index in [-0.39, 0.29) is 12.2 Å². The predicted molar refractivity (Wildman–Crippen MR) is 143 cm³/mol. The Morgan fingerprint density at radius 3 is 2.64 bits per heavy atom. The number of anilines is 1. The number of ether oxygens (including phenoxy) is 4. The molecule has 12 heteroatoms. The van der Waals surface area contributed by atoms with Crippen LogP contribution in [0.1, 0.15) is 11.1 Å². The van der Waals surface area contributed by atoms with E-state index >= 15 is 4.39 Å². The van der Waals surface area contributed by atoms with Crippen molar-refractivity contribution in [3.05, 3.63) is 59.7 Å². The van der Waals surface area contributed by atoms with Gasteiger partial charge in [-0.3, -0.25) is 4.90 Å². The number of carbonyl (C=O) groups excluding carboxylic acids is 1. The van der Waals surface area contributed by atoms with E-state index < -0.39 is 18.2 Å². The molecule has 0 saturated heterocycles. The average molecular weight is 548 g/mol. The van der Waals surface area contributed by atoms with Gasteiger partial charge < -0.3 is 18.9 Å². The van der Waals surface area contributed by atoms with E-state index in [4.69, 9.17) is 23.9 Å². The van der Waals surface area contributed by atoms with Crippen molar-refractivity contribution in [3.63, 3.8) is 0 Å². The first-order chi connectivity index (χ1) is 18.8. The Balaban J connectivity index is 1.30. The van der Waals surface area contributed by atoms with Gasteiger partial charge in [-0.2, -0.15) is 0 Å². The molecule has 0 bridgehead atoms. The summed E-state index contributed by atoms with van der Waals surface area (Å²) in [5, 5.41) is 0.665. The standard InChI is InChI=1S/C27H22FN5O5S/c1-13-7-15(23-18(8-13)31-21(36-4)12-30-23)26-32-19-10-17(28)24-16(25(19)39-26)9-22(37-24)38-27(34)33(2)14-5-6-20(35-3)29-11-14/h5-8,10-12,22H,9H2,1-4H3/t22-/m1/s1. The predicted octanol–water partition coefficient (Wildman–Crippen LogP) is 5.30. The van der Waals surface area contributed by atoms with Gasteiger partial charge in [-0.05, 0) is 30.7 Å². The van der Waals surface area contributed by atoms with Crippen LogP contribution in [0, 0.1) is 12.7 Å². The number of hydrogen-bond acceptors (Lipinski definition) is 10. The molecule has 3 aromatic heterocycles. The van der Waals surface area contributed by atoms with Gasteiger partial charge in [0.05, 0.1) is 60.0 Å². The molecule has 1 atom stereocenters. The van der Waals surface area contributed by atoms with Crippen molar-refractivity contribution < 1.29 is 28.1 Å². The molecule has 0 aliphatic carbocycles. The Morgan fingerprint density at radius 2 is 1.90 bits per heavy atom. The SMILES string of the molecule is COc1ccc(N(C)C(=O)O[C@@H]2Cc3c(c(F)cc4nc(-c5cc(C)cc6nc(OC)cnc56)sc34)O2)cn1. The second-order valence-electron chi connectivity index (χ2n) is 8.88. The maximum atomic E-state index is 15.1. The molecule has 198 valence electrons. The highest BCUT2D eigenvalue weighted by molar-refractivity contribution is 7.22. The van der Waals surface area contributed by atoms with Crippen LogP contribution < -0.4 is 19.1 Å². The molecule has 0 fully saturated rings. The van der Waals surface area contributed by atoms with E-state index in [1.165, 1.54) is 42.7 Å². The van der Waals surface area contributed by atoms with Crippen LogP contribution in [-0.4, -0.2) is 53.6 Å². The third-order valence-electron chi connectivity index (χ3n) is 6.33. The number of halogens is 1. The number of nitrogens with zero attached hydrogens (tertiary/aromatic N) is 5. The second-order valence-corrected chi connectivity index (χ2v) is 9.88. The van der Waals surface area contributed by atoms with Crippen molar-refractivity contribution in [3.8, 4) is 28.1 Å². The fourth-order valence-electron chi connectivity index (χ4n) is 4.41. The number of methoxy groups -OCH3 is 2. The lowest BCUT2D eigenvalue weighted by Crippen LogP contribution is -2.32. The Kier molecular flexibility index (Phi) is 6.10. The number of rotatable bonds is 5. The van der Waals surface area contributed by atoms with Crippen LogP contribution >= 0.6 is 11.3 Å². The maximum absolute atomic E-state index is 15.1. The van der Waals surface area contributed by atoms with E-state index in [9.17, 15) is 4.79 Å². The molecular weight excluding hydrogens is 525 g/mol. The topological polar surface area (TPSA) is 109 Å². The minimum atomic E-state index is -0.995. The first kappa shape index (κ1) is 24.7. The van der Waals surface area contributed by atoms with Crippen LogP contribution in [0.4, 0.5) is 14.9 Å². The zero-order valence-electron chi connectivity index (χ0n) is 21.4. The van der Waals surface area contributed by atoms with Crippen molar-refractivity contribution in [1.29, 1.82) is 0 Å². The summed E-state index contributed by atoms with van der Waals surface area (Å²) in [5.74, 6) is 0.320. The van der Waals surface area contributed by atoms with E-state index in [0.29, 0.717) is 44.6 Å². The molecular formula is C27H22FN5O5S. The Hall–Kier alpha value is -4.58. The third kappa shape index (κ3) is 4.42. The van der Waals surface area contributed by atoms with E-state index in [1.54, 1.807) is 25.4 Å². The molecule has 1 aliphatic heterocycles. The number of amides is 1. The van der Waals surface area contributed by atoms with Crippen LogP contribution in [0.25, 0.3) is 31.8 Å². The van der Waals surface area contributed by atoms with Crippen LogP contribution in [0.3, 0.4) is 0 Å². The first-order valence-corrected chi connectivity index (χ1v) is 12.7. The van der Waals surface area contributed by atoms with Crippen molar-refractivity contribution in [2.24, 2.45) is 0 Å². The van der Waals surface area contributed by atoms with Crippen LogP contribution in [0.5, 0.6) is 17.5 Å². The number of fused-ring (bicyclic) bond motifs is 4. The van der Waals surface area contributed by atoms with Gasteiger partial charge in [0.25, 0.3) is 6.29 Å². The summed E-state index contributed by atoms with van der Waals surface area (Å²) >= 11 is 1.40. The molecule has 6 rings (SSSR count). The van der Waals surface area contributed by atoms with Gasteiger partial charge in [-0.15, -0.1) is 11.3 Å². The Labute approximate surface area is 226 Å². The zero-order valence-corrected chi connectivity index (χ0v) is 22.2. The van der Waals surface area contributed by atoms with Gasteiger partial charge in [-0.25, -0.2) is 29.1 Å². The summed E-state index contributed by atoms with van der Waals surface area (Å²) in [6, 6.07) is 8.54. The summed E-state index contributed by atoms with van der Waals surface area (Å²) < 4.78 is 37.4. The number of carbonyl (C=O) groups is 1. The lowest BCUT2D eigenvalue weighted by molar-refractivity contribution is -0.0144. The molecule has 0 radical (unpaired) electrons. The minimum Gasteiger partial charge on any atom is -0.481 e. The van der Waals surface area contributed by atoms with E-state index in [1.807, 2.05) is 19.1 Å². The molecule has 0 N–H and O–H groups in total. The maximum Gasteiger partial charge on any atom is 0.417 e. The molecule has 1 aliphatic rings. The highest BCUT2D eigenvalue weighted by Gasteiger charge is 2.33. The van der Waals surface area contributed by atoms with Gasteiger partial charge in [0.15, 0.2) is 11.6 Å². The second kappa shape index (κ2) is 9.62. The van der Waals surface area contributed by atoms with E-state index in [0.717, 1.165) is 15.8 Å². The van der Waals surface area contributed by atoms with Gasteiger partial charge in [0, 0.05) is 30.3 Å². The highest BCUT2D eigenvalue weighted by Crippen LogP contribution is 2.43. The number of benzene rings is 2. The third-order valence-corrected chi connectivity index (χ3v) is 7.50. The monoisotopic (exact) mass is 547 g/mol. The van der Waals surface area contributed by atoms with Crippen LogP contribution in [0.2, 0.25) is 0 Å². The number of hydrogen-bond donors (Lipinski definition) is 0. The molecule has 1 amide bonds. The number of pyridine rings is 1. The van der Waals surface area contributed by atoms with Crippen molar-refractivity contribution in [2.75, 3.05) is 26.2 Å². The van der Waals surface area contributed by atoms with Gasteiger partial charge >= 0.3 is 6.09 Å². The van der Waals surface area contributed by atoms with Crippen molar-refractivity contribution in [1.82, 2.24) is 19.9 Å². The first-order valence-electron chi connectivity index (χ1n) is 11.9. The largest absolute Gasteiger partial charge is 0.481 e. The van der Waals surface area contributed by atoms with Crippen LogP contribution in [-0.2, 0) is 11.2 Å². The van der Waals surface area contributed by atoms with Crippen molar-refractivity contribution in [2.45, 2.75) is 19.6 Å². The number of aromatic nitrogens is 4. The molecule has 5 aromatic rings. The normalized spacial score (nSPS) is 14.2.